The van der Waals surface area contributed by atoms with Crippen molar-refractivity contribution in [3.63, 3.8) is 0 Å². The number of nitrogens with zero attached hydrogens (tertiary/aromatic N) is 1. The summed E-state index contributed by atoms with van der Waals surface area (Å²) in [6.07, 6.45) is 2.74. The van der Waals surface area contributed by atoms with Crippen molar-refractivity contribution >= 4 is 23.3 Å². The van der Waals surface area contributed by atoms with Gasteiger partial charge in [0.05, 0.1) is 18.0 Å². The maximum absolute atomic E-state index is 14.0. The summed E-state index contributed by atoms with van der Waals surface area (Å²) in [5.41, 5.74) is -0.338. The van der Waals surface area contributed by atoms with E-state index in [0.717, 1.165) is 25.3 Å². The third-order valence-corrected chi connectivity index (χ3v) is 4.34. The van der Waals surface area contributed by atoms with Crippen molar-refractivity contribution in [1.82, 2.24) is 4.90 Å². The Morgan fingerprint density at radius 3 is 2.40 bits per heavy atom. The minimum absolute atomic E-state index is 0.152. The van der Waals surface area contributed by atoms with E-state index in [-0.39, 0.29) is 23.3 Å². The lowest BCUT2D eigenvalue weighted by Gasteiger charge is -2.25. The highest BCUT2D eigenvalue weighted by Gasteiger charge is 2.35. The van der Waals surface area contributed by atoms with Gasteiger partial charge < -0.3 is 20.3 Å². The summed E-state index contributed by atoms with van der Waals surface area (Å²) in [6, 6.07) is 1.47. The quantitative estimate of drug-likeness (QED) is 0.855. The number of halogens is 2. The number of nitrogens with one attached hydrogen (secondary N) is 2. The van der Waals surface area contributed by atoms with Gasteiger partial charge in [-0.2, -0.15) is 0 Å². The average molecular weight is 353 g/mol. The van der Waals surface area contributed by atoms with Gasteiger partial charge >= 0.3 is 6.03 Å². The molecule has 1 aromatic rings. The van der Waals surface area contributed by atoms with Gasteiger partial charge in [-0.05, 0) is 25.3 Å². The van der Waals surface area contributed by atoms with Crippen LogP contribution in [0.5, 0.6) is 0 Å². The van der Waals surface area contributed by atoms with Crippen LogP contribution in [-0.2, 0) is 9.53 Å². The van der Waals surface area contributed by atoms with Crippen LogP contribution in [0.1, 0.15) is 26.2 Å². The molecule has 8 heteroatoms. The Morgan fingerprint density at radius 1 is 1.16 bits per heavy atom. The number of carbonyl (C=O) groups excluding carboxylic acids is 2. The van der Waals surface area contributed by atoms with Crippen molar-refractivity contribution < 1.29 is 23.1 Å². The fourth-order valence-electron chi connectivity index (χ4n) is 2.91. The first-order chi connectivity index (χ1) is 11.9. The van der Waals surface area contributed by atoms with Crippen LogP contribution < -0.4 is 10.6 Å². The lowest BCUT2D eigenvalue weighted by atomic mass is 10.1. The zero-order valence-corrected chi connectivity index (χ0v) is 14.0. The van der Waals surface area contributed by atoms with Gasteiger partial charge in [0.1, 0.15) is 11.6 Å². The Morgan fingerprint density at radius 2 is 1.84 bits per heavy atom. The molecule has 136 valence electrons. The molecule has 1 aliphatic heterocycles. The zero-order valence-electron chi connectivity index (χ0n) is 14.0. The van der Waals surface area contributed by atoms with E-state index < -0.39 is 23.6 Å². The predicted molar refractivity (Wildman–Crippen MR) is 88.3 cm³/mol. The van der Waals surface area contributed by atoms with Crippen molar-refractivity contribution in [1.29, 1.82) is 0 Å². The van der Waals surface area contributed by atoms with Gasteiger partial charge in [-0.15, -0.1) is 0 Å². The van der Waals surface area contributed by atoms with Crippen molar-refractivity contribution in [2.24, 2.45) is 5.92 Å². The standard InChI is InChI=1S/C17H21F2N3O3/c1-10(23)20-15-7-16(14(19)6-13(15)18)21-17(24)22(12-2-3-12)8-11-4-5-25-9-11/h6-7,11-12H,2-5,8-9H2,1H3,(H,20,23)(H,21,24). The second-order valence-corrected chi connectivity index (χ2v) is 6.54. The summed E-state index contributed by atoms with van der Waals surface area (Å²) in [4.78, 5) is 25.4. The summed E-state index contributed by atoms with van der Waals surface area (Å²) in [7, 11) is 0. The average Bonchev–Trinajstić information content (AvgIpc) is 3.25. The second kappa shape index (κ2) is 7.35. The van der Waals surface area contributed by atoms with E-state index in [2.05, 4.69) is 10.6 Å². The molecular weight excluding hydrogens is 332 g/mol. The molecule has 0 radical (unpaired) electrons. The lowest BCUT2D eigenvalue weighted by molar-refractivity contribution is -0.114. The first kappa shape index (κ1) is 17.6. The minimum atomic E-state index is -0.896. The lowest BCUT2D eigenvalue weighted by Crippen LogP contribution is -2.40. The molecule has 1 atom stereocenters. The van der Waals surface area contributed by atoms with Crippen LogP contribution in [0.4, 0.5) is 25.0 Å². The highest BCUT2D eigenvalue weighted by atomic mass is 19.1. The Bertz CT molecular complexity index is 673. The third kappa shape index (κ3) is 4.45. The summed E-state index contributed by atoms with van der Waals surface area (Å²) >= 11 is 0. The molecule has 0 aromatic heterocycles. The van der Waals surface area contributed by atoms with E-state index in [0.29, 0.717) is 25.8 Å². The number of rotatable bonds is 5. The van der Waals surface area contributed by atoms with Crippen molar-refractivity contribution in [2.45, 2.75) is 32.2 Å². The first-order valence-electron chi connectivity index (χ1n) is 8.36. The molecule has 3 rings (SSSR count). The van der Waals surface area contributed by atoms with Gasteiger partial charge in [0.15, 0.2) is 0 Å². The molecule has 25 heavy (non-hydrogen) atoms. The predicted octanol–water partition coefficient (Wildman–Crippen LogP) is 2.96. The first-order valence-corrected chi connectivity index (χ1v) is 8.36. The Kier molecular flexibility index (Phi) is 5.17. The molecule has 1 saturated heterocycles. The number of ether oxygens (including phenoxy) is 1. The van der Waals surface area contributed by atoms with Crippen LogP contribution in [0.2, 0.25) is 0 Å². The van der Waals surface area contributed by atoms with E-state index in [4.69, 9.17) is 4.74 Å². The zero-order chi connectivity index (χ0) is 18.0. The molecule has 1 heterocycles. The monoisotopic (exact) mass is 353 g/mol. The molecule has 6 nitrogen and oxygen atoms in total. The molecule has 2 aliphatic rings. The summed E-state index contributed by atoms with van der Waals surface area (Å²) in [5, 5.41) is 4.77. The number of urea groups is 1. The van der Waals surface area contributed by atoms with Crippen LogP contribution >= 0.6 is 0 Å². The van der Waals surface area contributed by atoms with Crippen LogP contribution in [0.3, 0.4) is 0 Å². The number of carbonyl (C=O) groups is 2. The maximum atomic E-state index is 14.0. The number of hydrogen-bond acceptors (Lipinski definition) is 3. The number of hydrogen-bond donors (Lipinski definition) is 2. The molecule has 3 amide bonds. The minimum Gasteiger partial charge on any atom is -0.381 e. The number of amides is 3. The van der Waals surface area contributed by atoms with Crippen LogP contribution in [-0.4, -0.2) is 42.6 Å². The van der Waals surface area contributed by atoms with Gasteiger partial charge in [-0.1, -0.05) is 0 Å². The van der Waals surface area contributed by atoms with Crippen LogP contribution in [0, 0.1) is 17.6 Å². The normalized spacial score (nSPS) is 19.6. The molecule has 2 fully saturated rings. The van der Waals surface area contributed by atoms with Crippen molar-refractivity contribution in [3.05, 3.63) is 23.8 Å². The molecule has 1 saturated carbocycles. The fourth-order valence-corrected chi connectivity index (χ4v) is 2.91. The van der Waals surface area contributed by atoms with E-state index in [9.17, 15) is 18.4 Å². The molecule has 0 spiro atoms. The van der Waals surface area contributed by atoms with Crippen molar-refractivity contribution in [3.8, 4) is 0 Å². The van der Waals surface area contributed by atoms with E-state index in [1.807, 2.05) is 0 Å². The molecule has 1 unspecified atom stereocenters. The van der Waals surface area contributed by atoms with Gasteiger partial charge in [0.25, 0.3) is 0 Å². The Hall–Kier alpha value is -2.22. The molecule has 2 N–H and O–H groups in total. The topological polar surface area (TPSA) is 70.7 Å². The molecular formula is C17H21F2N3O3. The van der Waals surface area contributed by atoms with Gasteiger partial charge in [-0.25, -0.2) is 13.6 Å². The van der Waals surface area contributed by atoms with E-state index in [1.165, 1.54) is 6.92 Å². The fraction of sp³-hybridized carbons (Fsp3) is 0.529. The van der Waals surface area contributed by atoms with Gasteiger partial charge in [-0.3, -0.25) is 4.79 Å². The number of anilines is 2. The molecule has 1 aromatic carbocycles. The smallest absolute Gasteiger partial charge is 0.322 e. The summed E-state index contributed by atoms with van der Waals surface area (Å²) in [6.45, 7) is 3.09. The third-order valence-electron chi connectivity index (χ3n) is 4.34. The van der Waals surface area contributed by atoms with Gasteiger partial charge in [0.2, 0.25) is 5.91 Å². The second-order valence-electron chi connectivity index (χ2n) is 6.54. The molecule has 0 bridgehead atoms. The Labute approximate surface area is 144 Å². The summed E-state index contributed by atoms with van der Waals surface area (Å²) < 4.78 is 33.1. The Balaban J connectivity index is 1.72. The van der Waals surface area contributed by atoms with E-state index >= 15 is 0 Å². The van der Waals surface area contributed by atoms with E-state index in [1.54, 1.807) is 4.90 Å². The largest absolute Gasteiger partial charge is 0.381 e. The van der Waals surface area contributed by atoms with Crippen LogP contribution in [0.25, 0.3) is 0 Å². The summed E-state index contributed by atoms with van der Waals surface area (Å²) in [5.74, 6) is -1.99. The maximum Gasteiger partial charge on any atom is 0.322 e. The van der Waals surface area contributed by atoms with Gasteiger partial charge in [0, 0.05) is 38.1 Å². The SMILES string of the molecule is CC(=O)Nc1cc(NC(=O)N(CC2CCOC2)C2CC2)c(F)cc1F. The molecule has 1 aliphatic carbocycles. The highest BCUT2D eigenvalue weighted by Crippen LogP contribution is 2.30. The number of benzene rings is 1. The van der Waals surface area contributed by atoms with Crippen molar-refractivity contribution in [2.75, 3.05) is 30.4 Å². The van der Waals surface area contributed by atoms with Crippen LogP contribution in [0.15, 0.2) is 12.1 Å². The highest BCUT2D eigenvalue weighted by molar-refractivity contribution is 5.93.